The summed E-state index contributed by atoms with van der Waals surface area (Å²) in [5, 5.41) is 4.43. The van der Waals surface area contributed by atoms with E-state index >= 15 is 0 Å². The number of benzene rings is 2. The molecule has 128 valence electrons. The van der Waals surface area contributed by atoms with Crippen molar-refractivity contribution >= 4 is 45.7 Å². The van der Waals surface area contributed by atoms with Gasteiger partial charge in [-0.15, -0.1) is 0 Å². The maximum atomic E-state index is 12.2. The molecule has 0 aliphatic rings. The van der Waals surface area contributed by atoms with Crippen LogP contribution >= 0.6 is 23.2 Å². The first-order chi connectivity index (χ1) is 12.1. The van der Waals surface area contributed by atoms with Gasteiger partial charge < -0.3 is 14.8 Å². The molecule has 5 nitrogen and oxygen atoms in total. The summed E-state index contributed by atoms with van der Waals surface area (Å²) in [6.45, 7) is -0.185. The molecule has 2 aromatic carbocycles. The molecule has 0 saturated carbocycles. The van der Waals surface area contributed by atoms with E-state index in [2.05, 4.69) is 10.3 Å². The van der Waals surface area contributed by atoms with Crippen molar-refractivity contribution in [1.29, 1.82) is 0 Å². The number of hydrogen-bond donors (Lipinski definition) is 1. The summed E-state index contributed by atoms with van der Waals surface area (Å²) in [6.07, 6.45) is 1.67. The van der Waals surface area contributed by atoms with E-state index in [9.17, 15) is 4.79 Å². The molecule has 0 radical (unpaired) electrons. The molecule has 1 aromatic heterocycles. The van der Waals surface area contributed by atoms with E-state index < -0.39 is 0 Å². The molecule has 0 saturated heterocycles. The van der Waals surface area contributed by atoms with Crippen LogP contribution in [0, 0.1) is 0 Å². The van der Waals surface area contributed by atoms with Gasteiger partial charge in [0.25, 0.3) is 5.91 Å². The SMILES string of the molecule is COc1ccc(NC(=O)COc2ccc(Cl)cc2Cl)c2cccnc12. The predicted molar refractivity (Wildman–Crippen MR) is 98.9 cm³/mol. The lowest BCUT2D eigenvalue weighted by atomic mass is 10.1. The minimum Gasteiger partial charge on any atom is -0.494 e. The van der Waals surface area contributed by atoms with Gasteiger partial charge in [0, 0.05) is 16.6 Å². The molecule has 1 N–H and O–H groups in total. The zero-order chi connectivity index (χ0) is 17.8. The number of carbonyl (C=O) groups is 1. The van der Waals surface area contributed by atoms with E-state index in [1.807, 2.05) is 6.07 Å². The van der Waals surface area contributed by atoms with Crippen LogP contribution in [-0.4, -0.2) is 24.6 Å². The van der Waals surface area contributed by atoms with Crippen molar-refractivity contribution in [3.63, 3.8) is 0 Å². The molecule has 1 heterocycles. The smallest absolute Gasteiger partial charge is 0.262 e. The van der Waals surface area contributed by atoms with E-state index in [0.29, 0.717) is 32.7 Å². The van der Waals surface area contributed by atoms with Crippen LogP contribution in [0.1, 0.15) is 0 Å². The summed E-state index contributed by atoms with van der Waals surface area (Å²) < 4.78 is 10.7. The third kappa shape index (κ3) is 3.95. The molecule has 1 amide bonds. The molecule has 0 spiro atoms. The maximum absolute atomic E-state index is 12.2. The quantitative estimate of drug-likeness (QED) is 0.708. The molecule has 0 atom stereocenters. The van der Waals surface area contributed by atoms with Crippen LogP contribution in [-0.2, 0) is 4.79 Å². The molecule has 0 aliphatic carbocycles. The van der Waals surface area contributed by atoms with E-state index in [4.69, 9.17) is 32.7 Å². The summed E-state index contributed by atoms with van der Waals surface area (Å²) in [5.41, 5.74) is 1.30. The number of rotatable bonds is 5. The number of anilines is 1. The number of methoxy groups -OCH3 is 1. The molecule has 0 bridgehead atoms. The highest BCUT2D eigenvalue weighted by Crippen LogP contribution is 2.30. The number of nitrogens with zero attached hydrogens (tertiary/aromatic N) is 1. The number of halogens is 2. The second-order valence-corrected chi connectivity index (χ2v) is 5.97. The monoisotopic (exact) mass is 376 g/mol. The Morgan fingerprint density at radius 1 is 1.16 bits per heavy atom. The molecule has 3 aromatic rings. The Labute approximate surface area is 154 Å². The van der Waals surface area contributed by atoms with Crippen molar-refractivity contribution < 1.29 is 14.3 Å². The van der Waals surface area contributed by atoms with Gasteiger partial charge in [0.05, 0.1) is 17.8 Å². The highest BCUT2D eigenvalue weighted by atomic mass is 35.5. The van der Waals surface area contributed by atoms with Crippen molar-refractivity contribution in [1.82, 2.24) is 4.98 Å². The second kappa shape index (κ2) is 7.59. The number of fused-ring (bicyclic) bond motifs is 1. The normalized spacial score (nSPS) is 10.5. The molecule has 7 heteroatoms. The van der Waals surface area contributed by atoms with Gasteiger partial charge in [0.1, 0.15) is 17.0 Å². The van der Waals surface area contributed by atoms with Crippen LogP contribution < -0.4 is 14.8 Å². The second-order valence-electron chi connectivity index (χ2n) is 5.13. The molecule has 3 rings (SSSR count). The fraction of sp³-hybridized carbons (Fsp3) is 0.111. The lowest BCUT2D eigenvalue weighted by molar-refractivity contribution is -0.118. The largest absolute Gasteiger partial charge is 0.494 e. The van der Waals surface area contributed by atoms with Gasteiger partial charge in [-0.1, -0.05) is 23.2 Å². The zero-order valence-electron chi connectivity index (χ0n) is 13.3. The Bertz CT molecular complexity index is 931. The summed E-state index contributed by atoms with van der Waals surface area (Å²) in [4.78, 5) is 16.5. The van der Waals surface area contributed by atoms with Crippen molar-refractivity contribution in [2.75, 3.05) is 19.0 Å². The number of carbonyl (C=O) groups excluding carboxylic acids is 1. The minimum atomic E-state index is -0.318. The highest BCUT2D eigenvalue weighted by molar-refractivity contribution is 6.35. The number of amides is 1. The fourth-order valence-corrected chi connectivity index (χ4v) is 2.81. The third-order valence-electron chi connectivity index (χ3n) is 3.48. The van der Waals surface area contributed by atoms with Gasteiger partial charge in [-0.3, -0.25) is 9.78 Å². The zero-order valence-corrected chi connectivity index (χ0v) is 14.8. The average molecular weight is 377 g/mol. The van der Waals surface area contributed by atoms with Gasteiger partial charge in [-0.05, 0) is 42.5 Å². The van der Waals surface area contributed by atoms with Crippen molar-refractivity contribution in [3.05, 3.63) is 58.7 Å². The van der Waals surface area contributed by atoms with E-state index in [1.165, 1.54) is 0 Å². The summed E-state index contributed by atoms with van der Waals surface area (Å²) >= 11 is 11.9. The molecule has 0 unspecified atom stereocenters. The molecule has 0 fully saturated rings. The lowest BCUT2D eigenvalue weighted by Crippen LogP contribution is -2.20. The van der Waals surface area contributed by atoms with E-state index in [-0.39, 0.29) is 12.5 Å². The molecular weight excluding hydrogens is 363 g/mol. The molecular formula is C18H14Cl2N2O3. The Kier molecular flexibility index (Phi) is 5.26. The standard InChI is InChI=1S/C18H14Cl2N2O3/c1-24-16-7-5-14(12-3-2-8-21-18(12)16)22-17(23)10-25-15-6-4-11(19)9-13(15)20/h2-9H,10H2,1H3,(H,22,23). The Hall–Kier alpha value is -2.50. The minimum absolute atomic E-state index is 0.185. The van der Waals surface area contributed by atoms with Gasteiger partial charge in [0.2, 0.25) is 0 Å². The number of nitrogens with one attached hydrogen (secondary N) is 1. The van der Waals surface area contributed by atoms with E-state index in [0.717, 1.165) is 5.39 Å². The van der Waals surface area contributed by atoms with Crippen LogP contribution in [0.25, 0.3) is 10.9 Å². The Morgan fingerprint density at radius 2 is 1.96 bits per heavy atom. The van der Waals surface area contributed by atoms with E-state index in [1.54, 1.807) is 49.7 Å². The number of pyridine rings is 1. The number of ether oxygens (including phenoxy) is 2. The first-order valence-corrected chi connectivity index (χ1v) is 8.13. The van der Waals surface area contributed by atoms with Gasteiger partial charge in [-0.2, -0.15) is 0 Å². The Morgan fingerprint density at radius 3 is 2.72 bits per heavy atom. The third-order valence-corrected chi connectivity index (χ3v) is 4.01. The summed E-state index contributed by atoms with van der Waals surface area (Å²) in [6, 6.07) is 12.0. The Balaban J connectivity index is 1.74. The van der Waals surface area contributed by atoms with Crippen LogP contribution in [0.5, 0.6) is 11.5 Å². The van der Waals surface area contributed by atoms with Crippen LogP contribution in [0.2, 0.25) is 10.0 Å². The van der Waals surface area contributed by atoms with Crippen molar-refractivity contribution in [2.24, 2.45) is 0 Å². The van der Waals surface area contributed by atoms with Gasteiger partial charge in [0.15, 0.2) is 6.61 Å². The van der Waals surface area contributed by atoms with Crippen molar-refractivity contribution in [2.45, 2.75) is 0 Å². The number of aromatic nitrogens is 1. The van der Waals surface area contributed by atoms with Crippen LogP contribution in [0.3, 0.4) is 0 Å². The summed E-state index contributed by atoms with van der Waals surface area (Å²) in [7, 11) is 1.57. The van der Waals surface area contributed by atoms with Crippen molar-refractivity contribution in [3.8, 4) is 11.5 Å². The van der Waals surface area contributed by atoms with Gasteiger partial charge >= 0.3 is 0 Å². The molecule has 0 aliphatic heterocycles. The lowest BCUT2D eigenvalue weighted by Gasteiger charge is -2.12. The first kappa shape index (κ1) is 17.3. The van der Waals surface area contributed by atoms with Crippen LogP contribution in [0.4, 0.5) is 5.69 Å². The highest BCUT2D eigenvalue weighted by Gasteiger charge is 2.11. The molecule has 25 heavy (non-hydrogen) atoms. The topological polar surface area (TPSA) is 60.5 Å². The van der Waals surface area contributed by atoms with Crippen LogP contribution in [0.15, 0.2) is 48.7 Å². The first-order valence-electron chi connectivity index (χ1n) is 7.38. The maximum Gasteiger partial charge on any atom is 0.262 e. The average Bonchev–Trinajstić information content (AvgIpc) is 2.61. The predicted octanol–water partition coefficient (Wildman–Crippen LogP) is 4.57. The number of hydrogen-bond acceptors (Lipinski definition) is 4. The summed E-state index contributed by atoms with van der Waals surface area (Å²) in [5.74, 6) is 0.710. The fourth-order valence-electron chi connectivity index (χ4n) is 2.34. The van der Waals surface area contributed by atoms with Gasteiger partial charge in [-0.25, -0.2) is 0 Å².